The molecule has 100 valence electrons. The predicted molar refractivity (Wildman–Crippen MR) is 75.3 cm³/mol. The molecule has 0 spiro atoms. The van der Waals surface area contributed by atoms with Crippen LogP contribution in [0, 0.1) is 22.7 Å². The number of pyridine rings is 1. The molecular formula is C14H9N7. The van der Waals surface area contributed by atoms with Gasteiger partial charge in [0.2, 0.25) is 5.84 Å². The summed E-state index contributed by atoms with van der Waals surface area (Å²) in [6, 6.07) is 13.6. The number of rotatable bonds is 2. The lowest BCUT2D eigenvalue weighted by atomic mass is 10.1. The second-order valence-corrected chi connectivity index (χ2v) is 3.86. The van der Waals surface area contributed by atoms with E-state index in [9.17, 15) is 0 Å². The number of hydrogen-bond donors (Lipinski definition) is 1. The van der Waals surface area contributed by atoms with E-state index < -0.39 is 0 Å². The number of nitrogens with two attached hydrogens (primary N) is 1. The Hall–Kier alpha value is -3.58. The first kappa shape index (κ1) is 13.8. The molecular weight excluding hydrogens is 266 g/mol. The zero-order valence-electron chi connectivity index (χ0n) is 10.8. The van der Waals surface area contributed by atoms with Gasteiger partial charge in [0, 0.05) is 6.20 Å². The molecule has 0 saturated heterocycles. The van der Waals surface area contributed by atoms with Crippen LogP contribution in [0.3, 0.4) is 0 Å². The van der Waals surface area contributed by atoms with Crippen molar-refractivity contribution in [1.29, 1.82) is 10.5 Å². The maximum Gasteiger partial charge on any atom is 0.218 e. The van der Waals surface area contributed by atoms with Crippen molar-refractivity contribution < 1.29 is 0 Å². The molecule has 0 radical (unpaired) electrons. The van der Waals surface area contributed by atoms with Crippen LogP contribution in [0.2, 0.25) is 0 Å². The molecule has 21 heavy (non-hydrogen) atoms. The van der Waals surface area contributed by atoms with E-state index in [1.54, 1.807) is 24.4 Å². The van der Waals surface area contributed by atoms with Crippen LogP contribution in [-0.2, 0) is 0 Å². The van der Waals surface area contributed by atoms with Gasteiger partial charge in [-0.1, -0.05) is 6.07 Å². The van der Waals surface area contributed by atoms with Crippen LogP contribution in [0.25, 0.3) is 0 Å². The fourth-order valence-electron chi connectivity index (χ4n) is 1.54. The van der Waals surface area contributed by atoms with Crippen LogP contribution in [0.5, 0.6) is 0 Å². The van der Waals surface area contributed by atoms with Gasteiger partial charge in [0.15, 0.2) is 0 Å². The minimum atomic E-state index is 0.150. The minimum Gasteiger partial charge on any atom is -0.321 e. The molecule has 0 aliphatic carbocycles. The summed E-state index contributed by atoms with van der Waals surface area (Å²) in [6.45, 7) is 0. The Bertz CT molecular complexity index is 747. The standard InChI is InChI=1S/C14H9N7/c15-8-10-5-11(9-16)7-12(6-10)20-21-14(19-17)13-3-1-2-4-18-13/h1-7H,17H2. The summed E-state index contributed by atoms with van der Waals surface area (Å²) in [5.41, 5.74) is 1.49. The highest BCUT2D eigenvalue weighted by Crippen LogP contribution is 2.18. The van der Waals surface area contributed by atoms with Gasteiger partial charge in [0.25, 0.3) is 0 Å². The molecule has 1 aromatic carbocycles. The molecule has 2 rings (SSSR count). The van der Waals surface area contributed by atoms with Crippen LogP contribution >= 0.6 is 0 Å². The average molecular weight is 275 g/mol. The summed E-state index contributed by atoms with van der Waals surface area (Å²) in [4.78, 5) is 4.06. The maximum atomic E-state index is 8.90. The summed E-state index contributed by atoms with van der Waals surface area (Å²) >= 11 is 0. The van der Waals surface area contributed by atoms with E-state index in [1.165, 1.54) is 18.2 Å². The second-order valence-electron chi connectivity index (χ2n) is 3.86. The Morgan fingerprint density at radius 2 is 1.81 bits per heavy atom. The van der Waals surface area contributed by atoms with Crippen LogP contribution in [0.1, 0.15) is 16.8 Å². The van der Waals surface area contributed by atoms with Gasteiger partial charge < -0.3 is 5.84 Å². The van der Waals surface area contributed by atoms with Gasteiger partial charge in [0.1, 0.15) is 5.69 Å². The molecule has 7 heteroatoms. The number of nitrogens with zero attached hydrogens (tertiary/aromatic N) is 6. The van der Waals surface area contributed by atoms with Gasteiger partial charge in [0.05, 0.1) is 29.0 Å². The van der Waals surface area contributed by atoms with E-state index in [4.69, 9.17) is 16.4 Å². The monoisotopic (exact) mass is 275 g/mol. The average Bonchev–Trinajstić information content (AvgIpc) is 2.56. The maximum absolute atomic E-state index is 8.90. The predicted octanol–water partition coefficient (Wildman–Crippen LogP) is 2.23. The van der Waals surface area contributed by atoms with Crippen molar-refractivity contribution in [3.05, 3.63) is 59.4 Å². The third-order valence-corrected chi connectivity index (χ3v) is 2.45. The fourth-order valence-corrected chi connectivity index (χ4v) is 1.54. The lowest BCUT2D eigenvalue weighted by Gasteiger charge is -1.98. The van der Waals surface area contributed by atoms with E-state index >= 15 is 0 Å². The summed E-state index contributed by atoms with van der Waals surface area (Å²) in [7, 11) is 0. The first-order valence-corrected chi connectivity index (χ1v) is 5.83. The van der Waals surface area contributed by atoms with E-state index in [0.717, 1.165) is 0 Å². The van der Waals surface area contributed by atoms with Crippen molar-refractivity contribution >= 4 is 11.5 Å². The largest absolute Gasteiger partial charge is 0.321 e. The normalized spacial score (nSPS) is 11.0. The number of hydrazone groups is 1. The number of benzene rings is 1. The van der Waals surface area contributed by atoms with Gasteiger partial charge >= 0.3 is 0 Å². The molecule has 1 heterocycles. The number of nitriles is 2. The first-order valence-electron chi connectivity index (χ1n) is 5.83. The van der Waals surface area contributed by atoms with Crippen LogP contribution < -0.4 is 5.84 Å². The highest BCUT2D eigenvalue weighted by Gasteiger charge is 2.04. The molecule has 0 aliphatic rings. The van der Waals surface area contributed by atoms with Gasteiger partial charge in [-0.05, 0) is 30.3 Å². The topological polar surface area (TPSA) is 124 Å². The molecule has 0 bridgehead atoms. The van der Waals surface area contributed by atoms with E-state index in [2.05, 4.69) is 20.3 Å². The van der Waals surface area contributed by atoms with Crippen LogP contribution in [0.15, 0.2) is 57.9 Å². The molecule has 1 aromatic heterocycles. The van der Waals surface area contributed by atoms with Crippen molar-refractivity contribution in [2.75, 3.05) is 0 Å². The lowest BCUT2D eigenvalue weighted by molar-refractivity contribution is 1.15. The highest BCUT2D eigenvalue weighted by atomic mass is 15.2. The number of amidine groups is 1. The zero-order valence-corrected chi connectivity index (χ0v) is 10.8. The van der Waals surface area contributed by atoms with Crippen LogP contribution in [0.4, 0.5) is 5.69 Å². The summed E-state index contributed by atoms with van der Waals surface area (Å²) in [5.74, 6) is 5.42. The first-order chi connectivity index (χ1) is 10.3. The Morgan fingerprint density at radius 3 is 2.33 bits per heavy atom. The van der Waals surface area contributed by atoms with Gasteiger partial charge in [-0.3, -0.25) is 4.98 Å². The molecule has 0 fully saturated rings. The van der Waals surface area contributed by atoms with Gasteiger partial charge in [-0.2, -0.15) is 15.6 Å². The smallest absolute Gasteiger partial charge is 0.218 e. The van der Waals surface area contributed by atoms with Crippen molar-refractivity contribution in [3.63, 3.8) is 0 Å². The van der Waals surface area contributed by atoms with Crippen molar-refractivity contribution in [3.8, 4) is 12.1 Å². The quantitative estimate of drug-likeness (QED) is 0.296. The van der Waals surface area contributed by atoms with Crippen molar-refractivity contribution in [1.82, 2.24) is 4.98 Å². The third-order valence-electron chi connectivity index (χ3n) is 2.45. The summed E-state index contributed by atoms with van der Waals surface area (Å²) in [5, 5.41) is 29.2. The minimum absolute atomic E-state index is 0.150. The van der Waals surface area contributed by atoms with Crippen molar-refractivity contribution in [2.45, 2.75) is 0 Å². The molecule has 2 N–H and O–H groups in total. The molecule has 7 nitrogen and oxygen atoms in total. The highest BCUT2D eigenvalue weighted by molar-refractivity contribution is 5.97. The molecule has 0 saturated carbocycles. The molecule has 0 amide bonds. The summed E-state index contributed by atoms with van der Waals surface area (Å²) < 4.78 is 0. The Morgan fingerprint density at radius 1 is 1.10 bits per heavy atom. The Labute approximate surface area is 120 Å². The number of hydrogen-bond acceptors (Lipinski definition) is 6. The fraction of sp³-hybridized carbons (Fsp3) is 0. The Balaban J connectivity index is 2.33. The summed E-state index contributed by atoms with van der Waals surface area (Å²) in [6.07, 6.45) is 1.58. The molecule has 0 unspecified atom stereocenters. The second kappa shape index (κ2) is 6.55. The number of aromatic nitrogens is 1. The molecule has 0 aliphatic heterocycles. The van der Waals surface area contributed by atoms with E-state index in [1.807, 2.05) is 12.1 Å². The van der Waals surface area contributed by atoms with Gasteiger partial charge in [-0.25, -0.2) is 0 Å². The number of azo groups is 1. The lowest BCUT2D eigenvalue weighted by Crippen LogP contribution is -2.02. The van der Waals surface area contributed by atoms with Crippen molar-refractivity contribution in [2.24, 2.45) is 21.2 Å². The zero-order chi connectivity index (χ0) is 15.1. The third kappa shape index (κ3) is 3.46. The SMILES string of the molecule is N#Cc1cc(C#N)cc(N=NC(=NN)c2ccccn2)c1. The van der Waals surface area contributed by atoms with Crippen LogP contribution in [-0.4, -0.2) is 10.8 Å². The van der Waals surface area contributed by atoms with Gasteiger partial charge in [-0.15, -0.1) is 10.2 Å². The molecule has 2 aromatic rings. The van der Waals surface area contributed by atoms with E-state index in [-0.39, 0.29) is 5.84 Å². The Kier molecular flexibility index (Phi) is 4.32. The molecule has 0 atom stereocenters. The van der Waals surface area contributed by atoms with E-state index in [0.29, 0.717) is 22.5 Å².